The molecule has 3 aromatic rings. The maximum absolute atomic E-state index is 12.3. The number of nitrogens with one attached hydrogen (secondary N) is 1. The number of hydrogen-bond donors (Lipinski definition) is 4. The highest BCUT2D eigenvalue weighted by atomic mass is 16.3. The van der Waals surface area contributed by atoms with E-state index < -0.39 is 11.8 Å². The van der Waals surface area contributed by atoms with Crippen molar-refractivity contribution in [2.24, 2.45) is 5.73 Å². The molecule has 0 spiro atoms. The maximum Gasteiger partial charge on any atom is 0.267 e. The Morgan fingerprint density at radius 1 is 1.04 bits per heavy atom. The molecule has 3 rings (SSSR count). The Hall–Kier alpha value is -3.61. The zero-order valence-electron chi connectivity index (χ0n) is 12.4. The van der Waals surface area contributed by atoms with E-state index in [1.165, 1.54) is 24.4 Å². The third kappa shape index (κ3) is 2.70. The van der Waals surface area contributed by atoms with Crippen molar-refractivity contribution in [3.8, 4) is 11.5 Å². The van der Waals surface area contributed by atoms with E-state index in [2.05, 4.69) is 10.3 Å². The van der Waals surface area contributed by atoms with Gasteiger partial charge in [-0.25, -0.2) is 0 Å². The predicted octanol–water partition coefficient (Wildman–Crippen LogP) is 2.00. The van der Waals surface area contributed by atoms with Crippen LogP contribution in [0.1, 0.15) is 20.8 Å². The van der Waals surface area contributed by atoms with Gasteiger partial charge in [-0.3, -0.25) is 14.6 Å². The molecule has 2 aromatic carbocycles. The van der Waals surface area contributed by atoms with Gasteiger partial charge in [-0.2, -0.15) is 0 Å². The molecule has 5 N–H and O–H groups in total. The Morgan fingerprint density at radius 2 is 1.75 bits per heavy atom. The molecular formula is C17H13N3O4. The van der Waals surface area contributed by atoms with E-state index in [4.69, 9.17) is 5.73 Å². The molecule has 24 heavy (non-hydrogen) atoms. The van der Waals surface area contributed by atoms with E-state index in [1.54, 1.807) is 24.3 Å². The van der Waals surface area contributed by atoms with Crippen LogP contribution in [0.25, 0.3) is 10.8 Å². The van der Waals surface area contributed by atoms with Crippen molar-refractivity contribution < 1.29 is 19.8 Å². The highest BCUT2D eigenvalue weighted by Gasteiger charge is 2.14. The van der Waals surface area contributed by atoms with Crippen LogP contribution in [0.4, 0.5) is 5.69 Å². The van der Waals surface area contributed by atoms with E-state index in [1.807, 2.05) is 0 Å². The molecule has 1 heterocycles. The maximum atomic E-state index is 12.3. The molecule has 0 unspecified atom stereocenters. The van der Waals surface area contributed by atoms with Gasteiger partial charge in [-0.1, -0.05) is 24.3 Å². The molecule has 1 aromatic heterocycles. The van der Waals surface area contributed by atoms with E-state index in [9.17, 15) is 19.8 Å². The van der Waals surface area contributed by atoms with Crippen molar-refractivity contribution in [3.05, 3.63) is 59.9 Å². The van der Waals surface area contributed by atoms with Gasteiger partial charge in [0.2, 0.25) is 0 Å². The van der Waals surface area contributed by atoms with Crippen molar-refractivity contribution in [1.82, 2.24) is 4.98 Å². The van der Waals surface area contributed by atoms with Gasteiger partial charge < -0.3 is 21.3 Å². The second kappa shape index (κ2) is 5.88. The summed E-state index contributed by atoms with van der Waals surface area (Å²) in [5.41, 5.74) is 5.71. The Balaban J connectivity index is 1.96. The van der Waals surface area contributed by atoms with Gasteiger partial charge in [-0.05, 0) is 12.1 Å². The number of hydrogen-bond acceptors (Lipinski definition) is 5. The van der Waals surface area contributed by atoms with E-state index in [0.717, 1.165) is 0 Å². The third-order valence-electron chi connectivity index (χ3n) is 3.52. The smallest absolute Gasteiger partial charge is 0.267 e. The number of pyridine rings is 1. The monoisotopic (exact) mass is 323 g/mol. The third-order valence-corrected chi connectivity index (χ3v) is 3.52. The van der Waals surface area contributed by atoms with Gasteiger partial charge in [0.05, 0.1) is 11.3 Å². The first kappa shape index (κ1) is 15.3. The van der Waals surface area contributed by atoms with Crippen molar-refractivity contribution in [3.63, 3.8) is 0 Å². The fraction of sp³-hybridized carbons (Fsp3) is 0. The SMILES string of the molecule is NC(=O)c1ccc(C(=O)Nc2cc(O)c(O)c3ccccc23)cn1. The number of primary amides is 1. The summed E-state index contributed by atoms with van der Waals surface area (Å²) < 4.78 is 0. The van der Waals surface area contributed by atoms with Crippen LogP contribution in [0.3, 0.4) is 0 Å². The molecule has 7 heteroatoms. The summed E-state index contributed by atoms with van der Waals surface area (Å²) in [5, 5.41) is 23.3. The molecule has 120 valence electrons. The first-order valence-electron chi connectivity index (χ1n) is 6.98. The van der Waals surface area contributed by atoms with E-state index >= 15 is 0 Å². The lowest BCUT2D eigenvalue weighted by molar-refractivity contribution is 0.0990. The normalized spacial score (nSPS) is 10.5. The molecule has 0 atom stereocenters. The number of benzene rings is 2. The van der Waals surface area contributed by atoms with Gasteiger partial charge in [0.15, 0.2) is 11.5 Å². The fourth-order valence-electron chi connectivity index (χ4n) is 2.32. The predicted molar refractivity (Wildman–Crippen MR) is 88.0 cm³/mol. The largest absolute Gasteiger partial charge is 0.504 e. The Kier molecular flexibility index (Phi) is 3.75. The molecule has 7 nitrogen and oxygen atoms in total. The second-order valence-corrected chi connectivity index (χ2v) is 5.09. The van der Waals surface area contributed by atoms with Crippen LogP contribution < -0.4 is 11.1 Å². The fourth-order valence-corrected chi connectivity index (χ4v) is 2.32. The zero-order valence-corrected chi connectivity index (χ0v) is 12.4. The molecule has 0 saturated carbocycles. The number of carbonyl (C=O) groups is 2. The molecule has 0 aliphatic heterocycles. The first-order chi connectivity index (χ1) is 11.5. The molecule has 0 radical (unpaired) electrons. The standard InChI is InChI=1S/C17H13N3O4/c18-16(23)12-6-5-9(8-19-12)17(24)20-13-7-14(21)15(22)11-4-2-1-3-10(11)13/h1-8,21-22H,(H2,18,23)(H,20,24). The lowest BCUT2D eigenvalue weighted by atomic mass is 10.1. The average Bonchev–Trinajstić information content (AvgIpc) is 2.59. The number of anilines is 1. The Morgan fingerprint density at radius 3 is 2.38 bits per heavy atom. The molecule has 0 aliphatic rings. The molecule has 0 aliphatic carbocycles. The molecule has 0 fully saturated rings. The van der Waals surface area contributed by atoms with Gasteiger partial charge >= 0.3 is 0 Å². The number of nitrogens with two attached hydrogens (primary N) is 1. The van der Waals surface area contributed by atoms with E-state index in [0.29, 0.717) is 16.5 Å². The van der Waals surface area contributed by atoms with Gasteiger partial charge in [0.25, 0.3) is 11.8 Å². The molecule has 0 bridgehead atoms. The number of carbonyl (C=O) groups excluding carboxylic acids is 2. The number of rotatable bonds is 3. The summed E-state index contributed by atoms with van der Waals surface area (Å²) in [7, 11) is 0. The van der Waals surface area contributed by atoms with Crippen LogP contribution in [0.15, 0.2) is 48.7 Å². The van der Waals surface area contributed by atoms with Crippen molar-refractivity contribution in [1.29, 1.82) is 0 Å². The zero-order chi connectivity index (χ0) is 17.3. The average molecular weight is 323 g/mol. The summed E-state index contributed by atoms with van der Waals surface area (Å²) in [6.45, 7) is 0. The first-order valence-corrected chi connectivity index (χ1v) is 6.98. The van der Waals surface area contributed by atoms with Crippen LogP contribution in [0.5, 0.6) is 11.5 Å². The summed E-state index contributed by atoms with van der Waals surface area (Å²) in [5.74, 6) is -1.76. The minimum Gasteiger partial charge on any atom is -0.504 e. The number of fused-ring (bicyclic) bond motifs is 1. The number of amides is 2. The minimum atomic E-state index is -0.684. The van der Waals surface area contributed by atoms with Crippen LogP contribution in [-0.4, -0.2) is 27.0 Å². The van der Waals surface area contributed by atoms with Crippen molar-refractivity contribution in [2.75, 3.05) is 5.32 Å². The molecular weight excluding hydrogens is 310 g/mol. The highest BCUT2D eigenvalue weighted by molar-refractivity contribution is 6.10. The summed E-state index contributed by atoms with van der Waals surface area (Å²) in [4.78, 5) is 27.1. The van der Waals surface area contributed by atoms with Crippen LogP contribution >= 0.6 is 0 Å². The van der Waals surface area contributed by atoms with Crippen molar-refractivity contribution in [2.45, 2.75) is 0 Å². The number of phenols is 2. The highest BCUT2D eigenvalue weighted by Crippen LogP contribution is 2.38. The topological polar surface area (TPSA) is 126 Å². The lowest BCUT2D eigenvalue weighted by Crippen LogP contribution is -2.16. The summed E-state index contributed by atoms with van der Waals surface area (Å²) in [6, 6.07) is 10.8. The second-order valence-electron chi connectivity index (χ2n) is 5.09. The van der Waals surface area contributed by atoms with Crippen LogP contribution in [-0.2, 0) is 0 Å². The number of phenolic OH excluding ortho intramolecular Hbond substituents is 2. The summed E-state index contributed by atoms with van der Waals surface area (Å²) in [6.07, 6.45) is 1.23. The van der Waals surface area contributed by atoms with E-state index in [-0.39, 0.29) is 22.8 Å². The van der Waals surface area contributed by atoms with Gasteiger partial charge in [0, 0.05) is 23.0 Å². The molecule has 0 saturated heterocycles. The quantitative estimate of drug-likeness (QED) is 0.433. The lowest BCUT2D eigenvalue weighted by Gasteiger charge is -2.11. The minimum absolute atomic E-state index is 0.0549. The van der Waals surface area contributed by atoms with Crippen molar-refractivity contribution >= 4 is 28.3 Å². The number of aromatic nitrogens is 1. The Labute approximate surface area is 136 Å². The van der Waals surface area contributed by atoms with Gasteiger partial charge in [-0.15, -0.1) is 0 Å². The van der Waals surface area contributed by atoms with Gasteiger partial charge in [0.1, 0.15) is 5.69 Å². The Bertz CT molecular complexity index is 952. The summed E-state index contributed by atoms with van der Waals surface area (Å²) >= 11 is 0. The number of aromatic hydroxyl groups is 2. The van der Waals surface area contributed by atoms with Crippen LogP contribution in [0.2, 0.25) is 0 Å². The van der Waals surface area contributed by atoms with Crippen LogP contribution in [0, 0.1) is 0 Å². The number of nitrogens with zero attached hydrogens (tertiary/aromatic N) is 1. The molecule has 2 amide bonds.